The van der Waals surface area contributed by atoms with Gasteiger partial charge in [0.05, 0.1) is 5.56 Å². The monoisotopic (exact) mass is 268 g/mol. The van der Waals surface area contributed by atoms with Gasteiger partial charge in [-0.05, 0) is 31.4 Å². The molecule has 0 aliphatic heterocycles. The van der Waals surface area contributed by atoms with Crippen LogP contribution in [0.1, 0.15) is 35.7 Å². The molecule has 104 valence electrons. The lowest BCUT2D eigenvalue weighted by Crippen LogP contribution is -2.28. The van der Waals surface area contributed by atoms with Crippen molar-refractivity contribution in [1.29, 1.82) is 0 Å². The maximum atomic E-state index is 12.6. The second-order valence-corrected chi connectivity index (χ2v) is 5.46. The number of carbonyl (C=O) groups is 1. The summed E-state index contributed by atoms with van der Waals surface area (Å²) in [5.74, 6) is 0.135. The van der Waals surface area contributed by atoms with Gasteiger partial charge in [-0.15, -0.1) is 0 Å². The van der Waals surface area contributed by atoms with Gasteiger partial charge in [-0.2, -0.15) is 0 Å². The van der Waals surface area contributed by atoms with Gasteiger partial charge in [0.25, 0.3) is 5.91 Å². The highest BCUT2D eigenvalue weighted by atomic mass is 16.2. The molecule has 0 spiro atoms. The van der Waals surface area contributed by atoms with E-state index in [2.05, 4.69) is 24.1 Å². The molecule has 1 fully saturated rings. The first-order valence-electron chi connectivity index (χ1n) is 7.18. The molecule has 0 N–H and O–H groups in total. The second kappa shape index (κ2) is 4.82. The van der Waals surface area contributed by atoms with E-state index in [1.54, 1.807) is 0 Å². The second-order valence-electron chi connectivity index (χ2n) is 5.46. The lowest BCUT2D eigenvalue weighted by atomic mass is 10.1. The van der Waals surface area contributed by atoms with Crippen molar-refractivity contribution >= 4 is 22.9 Å². The van der Waals surface area contributed by atoms with Crippen LogP contribution >= 0.6 is 0 Å². The molecule has 0 bridgehead atoms. The number of nitrogens with zero attached hydrogens (tertiary/aromatic N) is 2. The van der Waals surface area contributed by atoms with Gasteiger partial charge >= 0.3 is 0 Å². The predicted octanol–water partition coefficient (Wildman–Crippen LogP) is 3.54. The van der Waals surface area contributed by atoms with E-state index in [0.29, 0.717) is 6.04 Å². The van der Waals surface area contributed by atoms with Crippen molar-refractivity contribution in [2.45, 2.75) is 32.4 Å². The third-order valence-electron chi connectivity index (χ3n) is 4.13. The van der Waals surface area contributed by atoms with Crippen molar-refractivity contribution in [2.75, 3.05) is 7.05 Å². The maximum absolute atomic E-state index is 12.6. The largest absolute Gasteiger partial charge is 0.347 e. The summed E-state index contributed by atoms with van der Waals surface area (Å²) in [5, 5.41) is 1.04. The molecular weight excluding hydrogens is 248 g/mol. The molecule has 0 radical (unpaired) electrons. The van der Waals surface area contributed by atoms with Crippen molar-refractivity contribution in [1.82, 2.24) is 9.47 Å². The van der Waals surface area contributed by atoms with E-state index in [1.165, 1.54) is 0 Å². The van der Waals surface area contributed by atoms with Crippen LogP contribution in [0.3, 0.4) is 0 Å². The normalized spacial score (nSPS) is 14.5. The number of fused-ring (bicyclic) bond motifs is 1. The topological polar surface area (TPSA) is 25.2 Å². The SMILES string of the molecule is C=Cc1ccc2c(C(=O)N(C)C3CC3)cn(CC)c2c1. The van der Waals surface area contributed by atoms with Gasteiger partial charge in [-0.25, -0.2) is 0 Å². The van der Waals surface area contributed by atoms with Crippen molar-refractivity contribution in [3.05, 3.63) is 42.1 Å². The minimum Gasteiger partial charge on any atom is -0.347 e. The molecule has 1 aliphatic carbocycles. The Bertz CT molecular complexity index is 680. The van der Waals surface area contributed by atoms with Crippen LogP contribution in [0.15, 0.2) is 31.0 Å². The number of amides is 1. The standard InChI is InChI=1S/C17H20N2O/c1-4-12-6-9-14-15(11-19(5-2)16(14)10-12)17(20)18(3)13-7-8-13/h4,6,9-11,13H,1,5,7-8H2,2-3H3. The third kappa shape index (κ3) is 2.03. The summed E-state index contributed by atoms with van der Waals surface area (Å²) in [7, 11) is 1.91. The first kappa shape index (κ1) is 13.0. The van der Waals surface area contributed by atoms with Gasteiger partial charge < -0.3 is 9.47 Å². The number of hydrogen-bond donors (Lipinski definition) is 0. The predicted molar refractivity (Wildman–Crippen MR) is 82.8 cm³/mol. The molecule has 1 aromatic carbocycles. The number of carbonyl (C=O) groups excluding carboxylic acids is 1. The lowest BCUT2D eigenvalue weighted by molar-refractivity contribution is 0.0787. The molecule has 1 heterocycles. The lowest BCUT2D eigenvalue weighted by Gasteiger charge is -2.15. The fourth-order valence-corrected chi connectivity index (χ4v) is 2.69. The van der Waals surface area contributed by atoms with E-state index in [1.807, 2.05) is 36.4 Å². The quantitative estimate of drug-likeness (QED) is 0.832. The average Bonchev–Trinajstić information content (AvgIpc) is 3.26. The zero-order valence-electron chi connectivity index (χ0n) is 12.1. The summed E-state index contributed by atoms with van der Waals surface area (Å²) in [6.45, 7) is 6.77. The summed E-state index contributed by atoms with van der Waals surface area (Å²) in [5.41, 5.74) is 3.00. The Morgan fingerprint density at radius 2 is 2.25 bits per heavy atom. The Morgan fingerprint density at radius 1 is 1.50 bits per heavy atom. The number of hydrogen-bond acceptors (Lipinski definition) is 1. The van der Waals surface area contributed by atoms with Crippen molar-refractivity contribution in [3.8, 4) is 0 Å². The molecular formula is C17H20N2O. The van der Waals surface area contributed by atoms with Crippen LogP contribution in [0, 0.1) is 0 Å². The molecule has 2 aromatic rings. The number of aromatic nitrogens is 1. The number of benzene rings is 1. The summed E-state index contributed by atoms with van der Waals surface area (Å²) in [6, 6.07) is 6.59. The van der Waals surface area contributed by atoms with Crippen molar-refractivity contribution in [2.24, 2.45) is 0 Å². The van der Waals surface area contributed by atoms with Crippen LogP contribution in [0.2, 0.25) is 0 Å². The maximum Gasteiger partial charge on any atom is 0.256 e. The Labute approximate surface area is 119 Å². The van der Waals surface area contributed by atoms with E-state index in [9.17, 15) is 4.79 Å². The van der Waals surface area contributed by atoms with E-state index in [0.717, 1.165) is 41.4 Å². The minimum atomic E-state index is 0.135. The molecule has 1 amide bonds. The van der Waals surface area contributed by atoms with Crippen LogP contribution in [0.5, 0.6) is 0 Å². The smallest absolute Gasteiger partial charge is 0.256 e. The van der Waals surface area contributed by atoms with Gasteiger partial charge in [-0.1, -0.05) is 24.8 Å². The fraction of sp³-hybridized carbons (Fsp3) is 0.353. The average molecular weight is 268 g/mol. The van der Waals surface area contributed by atoms with Gasteiger partial charge in [0, 0.05) is 36.7 Å². The molecule has 0 atom stereocenters. The van der Waals surface area contributed by atoms with Crippen LogP contribution in [-0.4, -0.2) is 28.5 Å². The Balaban J connectivity index is 2.10. The van der Waals surface area contributed by atoms with Gasteiger partial charge in [0.15, 0.2) is 0 Å². The molecule has 1 saturated carbocycles. The van der Waals surface area contributed by atoms with Gasteiger partial charge in [0.1, 0.15) is 0 Å². The van der Waals surface area contributed by atoms with Crippen LogP contribution in [0.25, 0.3) is 17.0 Å². The third-order valence-corrected chi connectivity index (χ3v) is 4.13. The first-order valence-corrected chi connectivity index (χ1v) is 7.18. The van der Waals surface area contributed by atoms with Crippen LogP contribution < -0.4 is 0 Å². The molecule has 3 nitrogen and oxygen atoms in total. The molecule has 20 heavy (non-hydrogen) atoms. The highest BCUT2D eigenvalue weighted by molar-refractivity contribution is 6.07. The number of rotatable bonds is 4. The number of aryl methyl sites for hydroxylation is 1. The van der Waals surface area contributed by atoms with Crippen molar-refractivity contribution < 1.29 is 4.79 Å². The van der Waals surface area contributed by atoms with Crippen molar-refractivity contribution in [3.63, 3.8) is 0 Å². The van der Waals surface area contributed by atoms with Gasteiger partial charge in [-0.3, -0.25) is 4.79 Å². The highest BCUT2D eigenvalue weighted by Gasteiger charge is 2.31. The minimum absolute atomic E-state index is 0.135. The Hall–Kier alpha value is -2.03. The van der Waals surface area contributed by atoms with E-state index in [-0.39, 0.29) is 5.91 Å². The molecule has 1 aromatic heterocycles. The zero-order valence-corrected chi connectivity index (χ0v) is 12.1. The molecule has 3 heteroatoms. The zero-order chi connectivity index (χ0) is 14.3. The summed E-state index contributed by atoms with van der Waals surface area (Å²) < 4.78 is 2.14. The highest BCUT2D eigenvalue weighted by Crippen LogP contribution is 2.30. The summed E-state index contributed by atoms with van der Waals surface area (Å²) >= 11 is 0. The summed E-state index contributed by atoms with van der Waals surface area (Å²) in [6.07, 6.45) is 6.09. The molecule has 3 rings (SSSR count). The van der Waals surface area contributed by atoms with Gasteiger partial charge in [0.2, 0.25) is 0 Å². The van der Waals surface area contributed by atoms with E-state index >= 15 is 0 Å². The summed E-state index contributed by atoms with van der Waals surface area (Å²) in [4.78, 5) is 14.5. The molecule has 1 aliphatic rings. The van der Waals surface area contributed by atoms with E-state index in [4.69, 9.17) is 0 Å². The first-order chi connectivity index (χ1) is 9.65. The van der Waals surface area contributed by atoms with E-state index < -0.39 is 0 Å². The molecule has 0 unspecified atom stereocenters. The van der Waals surface area contributed by atoms with Crippen LogP contribution in [-0.2, 0) is 6.54 Å². The Kier molecular flexibility index (Phi) is 3.13. The van der Waals surface area contributed by atoms with Crippen LogP contribution in [0.4, 0.5) is 0 Å². The molecule has 0 saturated heterocycles. The fourth-order valence-electron chi connectivity index (χ4n) is 2.69. The Morgan fingerprint density at radius 3 is 2.85 bits per heavy atom.